The lowest BCUT2D eigenvalue weighted by atomic mass is 10.1. The van der Waals surface area contributed by atoms with Crippen LogP contribution in [-0.4, -0.2) is 43.8 Å². The average Bonchev–Trinajstić information content (AvgIpc) is 2.91. The van der Waals surface area contributed by atoms with Gasteiger partial charge in [-0.25, -0.2) is 8.42 Å². The van der Waals surface area contributed by atoms with Crippen molar-refractivity contribution >= 4 is 50.7 Å². The second-order valence-electron chi connectivity index (χ2n) is 10.3. The van der Waals surface area contributed by atoms with E-state index in [1.54, 1.807) is 56.3 Å². The normalized spacial score (nSPS) is 12.9. The van der Waals surface area contributed by atoms with Gasteiger partial charge in [-0.2, -0.15) is 0 Å². The molecule has 10 heteroatoms. The van der Waals surface area contributed by atoms with E-state index in [1.807, 2.05) is 33.8 Å². The minimum absolute atomic E-state index is 0.0548. The number of sulfonamides is 1. The van der Waals surface area contributed by atoms with Crippen LogP contribution in [0.15, 0.2) is 65.6 Å². The molecule has 0 fully saturated rings. The van der Waals surface area contributed by atoms with Crippen molar-refractivity contribution in [3.8, 4) is 0 Å². The van der Waals surface area contributed by atoms with Crippen molar-refractivity contribution in [1.82, 2.24) is 10.2 Å². The molecule has 0 saturated heterocycles. The molecule has 0 spiro atoms. The molecule has 2 atom stereocenters. The number of nitrogens with zero attached hydrogens (tertiary/aromatic N) is 2. The van der Waals surface area contributed by atoms with Crippen molar-refractivity contribution in [1.29, 1.82) is 0 Å². The van der Waals surface area contributed by atoms with E-state index in [0.29, 0.717) is 33.3 Å². The van der Waals surface area contributed by atoms with Crippen molar-refractivity contribution in [2.75, 3.05) is 10.8 Å². The van der Waals surface area contributed by atoms with Crippen LogP contribution in [0.3, 0.4) is 0 Å². The van der Waals surface area contributed by atoms with Crippen molar-refractivity contribution in [3.63, 3.8) is 0 Å². The Labute approximate surface area is 253 Å². The molecule has 7 nitrogen and oxygen atoms in total. The largest absolute Gasteiger partial charge is 0.352 e. The summed E-state index contributed by atoms with van der Waals surface area (Å²) >= 11 is 12.9. The molecule has 0 aliphatic rings. The van der Waals surface area contributed by atoms with Crippen LogP contribution in [0.5, 0.6) is 0 Å². The first-order valence-corrected chi connectivity index (χ1v) is 15.6. The Hall–Kier alpha value is -3.07. The maximum absolute atomic E-state index is 14.1. The predicted octanol–water partition coefficient (Wildman–Crippen LogP) is 6.45. The SMILES string of the molecule is CC[C@@H](C)NC(=O)[C@@H](C)N(Cc1c(Cl)cccc1Cl)C(=O)CN(c1ccc(C)cc1C)S(=O)(=O)c1ccc(C)cc1. The Balaban J connectivity index is 2.10. The molecule has 0 unspecified atom stereocenters. The zero-order valence-electron chi connectivity index (χ0n) is 24.2. The fraction of sp³-hybridized carbons (Fsp3) is 0.355. The van der Waals surface area contributed by atoms with Crippen LogP contribution < -0.4 is 9.62 Å². The zero-order valence-corrected chi connectivity index (χ0v) is 26.6. The first kappa shape index (κ1) is 32.4. The standard InChI is InChI=1S/C31H37Cl2N3O4S/c1-7-23(5)34-31(38)24(6)35(18-26-27(32)9-8-10-28(26)33)30(37)19-36(29-16-13-21(3)17-22(29)4)41(39,40)25-14-11-20(2)12-15-25/h8-17,23-24H,7,18-19H2,1-6H3,(H,34,38)/t23-,24-/m1/s1. The summed E-state index contributed by atoms with van der Waals surface area (Å²) < 4.78 is 29.2. The van der Waals surface area contributed by atoms with E-state index in [-0.39, 0.29) is 23.4 Å². The lowest BCUT2D eigenvalue weighted by Gasteiger charge is -2.33. The molecule has 0 aliphatic carbocycles. The maximum atomic E-state index is 14.1. The van der Waals surface area contributed by atoms with Crippen LogP contribution >= 0.6 is 23.2 Å². The highest BCUT2D eigenvalue weighted by atomic mass is 35.5. The van der Waals surface area contributed by atoms with E-state index in [9.17, 15) is 18.0 Å². The van der Waals surface area contributed by atoms with Gasteiger partial charge >= 0.3 is 0 Å². The number of aryl methyl sites for hydroxylation is 3. The third kappa shape index (κ3) is 7.82. The Morgan fingerprint density at radius 2 is 1.49 bits per heavy atom. The van der Waals surface area contributed by atoms with Gasteiger partial charge in [0.1, 0.15) is 12.6 Å². The number of rotatable bonds is 11. The summed E-state index contributed by atoms with van der Waals surface area (Å²) in [4.78, 5) is 28.7. The quantitative estimate of drug-likeness (QED) is 0.268. The van der Waals surface area contributed by atoms with Gasteiger partial charge in [0.25, 0.3) is 10.0 Å². The molecule has 3 rings (SSSR count). The van der Waals surface area contributed by atoms with Gasteiger partial charge in [0.15, 0.2) is 0 Å². The minimum Gasteiger partial charge on any atom is -0.352 e. The molecule has 2 amide bonds. The predicted molar refractivity (Wildman–Crippen MR) is 166 cm³/mol. The number of anilines is 1. The summed E-state index contributed by atoms with van der Waals surface area (Å²) in [6.45, 7) is 10.4. The van der Waals surface area contributed by atoms with E-state index in [0.717, 1.165) is 15.4 Å². The van der Waals surface area contributed by atoms with Crippen LogP contribution in [-0.2, 0) is 26.2 Å². The van der Waals surface area contributed by atoms with Gasteiger partial charge in [0.2, 0.25) is 11.8 Å². The fourth-order valence-corrected chi connectivity index (χ4v) is 6.33. The molecule has 0 radical (unpaired) electrons. The van der Waals surface area contributed by atoms with Gasteiger partial charge < -0.3 is 10.2 Å². The summed E-state index contributed by atoms with van der Waals surface area (Å²) in [6, 6.07) is 15.8. The molecule has 3 aromatic rings. The van der Waals surface area contributed by atoms with E-state index in [4.69, 9.17) is 23.2 Å². The van der Waals surface area contributed by atoms with Gasteiger partial charge in [-0.1, -0.05) is 71.6 Å². The van der Waals surface area contributed by atoms with E-state index in [1.165, 1.54) is 17.0 Å². The topological polar surface area (TPSA) is 86.8 Å². The molecule has 0 bridgehead atoms. The van der Waals surface area contributed by atoms with Crippen LogP contribution in [0.4, 0.5) is 5.69 Å². The summed E-state index contributed by atoms with van der Waals surface area (Å²) in [5.74, 6) is -0.946. The molecular formula is C31H37Cl2N3O4S. The summed E-state index contributed by atoms with van der Waals surface area (Å²) in [5.41, 5.74) is 3.39. The average molecular weight is 619 g/mol. The van der Waals surface area contributed by atoms with Gasteiger partial charge in [-0.3, -0.25) is 13.9 Å². The maximum Gasteiger partial charge on any atom is 0.264 e. The number of halogens is 2. The monoisotopic (exact) mass is 617 g/mol. The number of carbonyl (C=O) groups is 2. The van der Waals surface area contributed by atoms with Crippen molar-refractivity contribution in [3.05, 3.63) is 93.0 Å². The molecule has 220 valence electrons. The number of hydrogen-bond donors (Lipinski definition) is 1. The molecule has 41 heavy (non-hydrogen) atoms. The Morgan fingerprint density at radius 1 is 0.902 bits per heavy atom. The lowest BCUT2D eigenvalue weighted by Crippen LogP contribution is -2.52. The smallest absolute Gasteiger partial charge is 0.264 e. The Morgan fingerprint density at radius 3 is 2.05 bits per heavy atom. The number of hydrogen-bond acceptors (Lipinski definition) is 4. The lowest BCUT2D eigenvalue weighted by molar-refractivity contribution is -0.139. The van der Waals surface area contributed by atoms with E-state index < -0.39 is 28.5 Å². The third-order valence-corrected chi connectivity index (χ3v) is 9.55. The minimum atomic E-state index is -4.16. The Kier molecular flexibility index (Phi) is 10.9. The van der Waals surface area contributed by atoms with Gasteiger partial charge in [-0.15, -0.1) is 0 Å². The number of benzene rings is 3. The highest BCUT2D eigenvalue weighted by Crippen LogP contribution is 2.30. The summed E-state index contributed by atoms with van der Waals surface area (Å²) in [5, 5.41) is 3.58. The first-order valence-electron chi connectivity index (χ1n) is 13.5. The van der Waals surface area contributed by atoms with Gasteiger partial charge in [0.05, 0.1) is 10.6 Å². The van der Waals surface area contributed by atoms with Crippen LogP contribution in [0.1, 0.15) is 49.4 Å². The van der Waals surface area contributed by atoms with E-state index >= 15 is 0 Å². The van der Waals surface area contributed by atoms with Crippen LogP contribution in [0.25, 0.3) is 0 Å². The van der Waals surface area contributed by atoms with Gasteiger partial charge in [0, 0.05) is 28.2 Å². The second kappa shape index (κ2) is 13.7. The number of nitrogens with one attached hydrogen (secondary N) is 1. The molecular weight excluding hydrogens is 581 g/mol. The van der Waals surface area contributed by atoms with E-state index in [2.05, 4.69) is 5.32 Å². The van der Waals surface area contributed by atoms with Crippen LogP contribution in [0, 0.1) is 20.8 Å². The number of amides is 2. The Bertz CT molecular complexity index is 1490. The highest BCUT2D eigenvalue weighted by Gasteiger charge is 2.34. The van der Waals surface area contributed by atoms with Crippen LogP contribution in [0.2, 0.25) is 10.0 Å². The molecule has 3 aromatic carbocycles. The fourth-order valence-electron chi connectivity index (χ4n) is 4.34. The molecule has 0 saturated carbocycles. The van der Waals surface area contributed by atoms with Crippen molar-refractivity contribution < 1.29 is 18.0 Å². The number of carbonyl (C=O) groups excluding carboxylic acids is 2. The third-order valence-electron chi connectivity index (χ3n) is 7.07. The molecule has 1 N–H and O–H groups in total. The molecule has 0 aliphatic heterocycles. The summed E-state index contributed by atoms with van der Waals surface area (Å²) in [6.07, 6.45) is 0.706. The zero-order chi connectivity index (χ0) is 30.5. The van der Waals surface area contributed by atoms with Crippen molar-refractivity contribution in [2.45, 2.75) is 71.5 Å². The van der Waals surface area contributed by atoms with Gasteiger partial charge in [-0.05, 0) is 76.9 Å². The highest BCUT2D eigenvalue weighted by molar-refractivity contribution is 7.92. The summed E-state index contributed by atoms with van der Waals surface area (Å²) in [7, 11) is -4.16. The van der Waals surface area contributed by atoms with Crippen molar-refractivity contribution in [2.24, 2.45) is 0 Å². The second-order valence-corrected chi connectivity index (χ2v) is 13.0. The molecule has 0 heterocycles. The first-order chi connectivity index (χ1) is 19.3. The molecule has 0 aromatic heterocycles.